The molecule has 0 spiro atoms. The molecule has 5 nitrogen and oxygen atoms in total. The van der Waals surface area contributed by atoms with Gasteiger partial charge in [-0.1, -0.05) is 55.5 Å². The third kappa shape index (κ3) is 3.77. The fourth-order valence-corrected chi connectivity index (χ4v) is 4.59. The molecule has 0 amide bonds. The second kappa shape index (κ2) is 8.84. The standard InChI is InChI=1S/C25H28N2O3/c1-3-17-10-7-11-20-21(16-26-22(17)20)24(28)23(18-8-5-4-6-9-18)27-14-12-19(13-15-27)25(29)30-2/h4-11,16,19,23,26H,3,12-15H2,1-2H3/t23-/m1/s1. The molecule has 0 unspecified atom stereocenters. The predicted octanol–water partition coefficient (Wildman–Crippen LogP) is 4.54. The molecule has 1 aliphatic heterocycles. The number of fused-ring (bicyclic) bond motifs is 1. The number of aromatic nitrogens is 1. The topological polar surface area (TPSA) is 62.4 Å². The number of ketones is 1. The molecule has 1 fully saturated rings. The average molecular weight is 405 g/mol. The molecule has 0 aliphatic carbocycles. The van der Waals surface area contributed by atoms with E-state index >= 15 is 0 Å². The van der Waals surface area contributed by atoms with Gasteiger partial charge in [0, 0.05) is 35.8 Å². The lowest BCUT2D eigenvalue weighted by Gasteiger charge is -2.36. The van der Waals surface area contributed by atoms with Gasteiger partial charge in [-0.05, 0) is 30.4 Å². The quantitative estimate of drug-likeness (QED) is 0.484. The van der Waals surface area contributed by atoms with Crippen LogP contribution >= 0.6 is 0 Å². The minimum Gasteiger partial charge on any atom is -0.469 e. The minimum absolute atomic E-state index is 0.0852. The Morgan fingerprint density at radius 1 is 1.10 bits per heavy atom. The molecule has 30 heavy (non-hydrogen) atoms. The molecule has 1 N–H and O–H groups in total. The molecule has 3 aromatic rings. The molecule has 1 aromatic heterocycles. The zero-order valence-electron chi connectivity index (χ0n) is 17.6. The van der Waals surface area contributed by atoms with E-state index < -0.39 is 0 Å². The van der Waals surface area contributed by atoms with Gasteiger partial charge in [-0.25, -0.2) is 0 Å². The first kappa shape index (κ1) is 20.4. The van der Waals surface area contributed by atoms with E-state index in [0.29, 0.717) is 25.9 Å². The summed E-state index contributed by atoms with van der Waals surface area (Å²) in [5.41, 5.74) is 3.96. The fraction of sp³-hybridized carbons (Fsp3) is 0.360. The summed E-state index contributed by atoms with van der Waals surface area (Å²) in [5.74, 6) is -0.142. The summed E-state index contributed by atoms with van der Waals surface area (Å²) in [5, 5.41) is 0.977. The molecule has 2 aromatic carbocycles. The Kier molecular flexibility index (Phi) is 6.00. The Morgan fingerprint density at radius 3 is 2.50 bits per heavy atom. The highest BCUT2D eigenvalue weighted by Crippen LogP contribution is 2.33. The fourth-order valence-electron chi connectivity index (χ4n) is 4.59. The van der Waals surface area contributed by atoms with E-state index in [1.54, 1.807) is 0 Å². The highest BCUT2D eigenvalue weighted by atomic mass is 16.5. The largest absolute Gasteiger partial charge is 0.469 e. The Balaban J connectivity index is 1.68. The Labute approximate surface area is 177 Å². The molecule has 0 radical (unpaired) electrons. The van der Waals surface area contributed by atoms with Crippen LogP contribution in [-0.4, -0.2) is 41.8 Å². The van der Waals surface area contributed by atoms with Crippen molar-refractivity contribution in [2.75, 3.05) is 20.2 Å². The highest BCUT2D eigenvalue weighted by Gasteiger charge is 2.34. The molecule has 0 saturated carbocycles. The first-order valence-corrected chi connectivity index (χ1v) is 10.6. The van der Waals surface area contributed by atoms with Crippen molar-refractivity contribution >= 4 is 22.7 Å². The normalized spacial score (nSPS) is 16.5. The van der Waals surface area contributed by atoms with Crippen molar-refractivity contribution in [2.24, 2.45) is 5.92 Å². The van der Waals surface area contributed by atoms with Crippen LogP contribution in [0.1, 0.15) is 47.3 Å². The summed E-state index contributed by atoms with van der Waals surface area (Å²) in [7, 11) is 1.44. The minimum atomic E-state index is -0.367. The number of likely N-dealkylation sites (tertiary alicyclic amines) is 1. The lowest BCUT2D eigenvalue weighted by molar-refractivity contribution is -0.147. The van der Waals surface area contributed by atoms with Crippen LogP contribution in [-0.2, 0) is 16.0 Å². The molecule has 4 rings (SSSR count). The number of benzene rings is 2. The van der Waals surface area contributed by atoms with Crippen molar-refractivity contribution < 1.29 is 14.3 Å². The van der Waals surface area contributed by atoms with Crippen LogP contribution < -0.4 is 0 Å². The molecular weight excluding hydrogens is 376 g/mol. The SMILES string of the molecule is CCc1cccc2c(C(=O)[C@@H](c3ccccc3)N3CCC(C(=O)OC)CC3)c[nH]c12. The molecular formula is C25H28N2O3. The van der Waals surface area contributed by atoms with Crippen LogP contribution in [0.25, 0.3) is 10.9 Å². The molecule has 1 atom stereocenters. The van der Waals surface area contributed by atoms with Crippen molar-refractivity contribution in [2.45, 2.75) is 32.2 Å². The molecule has 1 saturated heterocycles. The average Bonchev–Trinajstić information content (AvgIpc) is 3.24. The number of hydrogen-bond acceptors (Lipinski definition) is 4. The van der Waals surface area contributed by atoms with Gasteiger partial charge < -0.3 is 9.72 Å². The Morgan fingerprint density at radius 2 is 1.83 bits per heavy atom. The van der Waals surface area contributed by atoms with Gasteiger partial charge in [0.2, 0.25) is 0 Å². The highest BCUT2D eigenvalue weighted by molar-refractivity contribution is 6.11. The van der Waals surface area contributed by atoms with Gasteiger partial charge in [0.25, 0.3) is 0 Å². The molecule has 0 bridgehead atoms. The summed E-state index contributed by atoms with van der Waals surface area (Å²) in [6.45, 7) is 3.50. The van der Waals surface area contributed by atoms with E-state index in [1.165, 1.54) is 12.7 Å². The maximum Gasteiger partial charge on any atom is 0.308 e. The number of Topliss-reactive ketones (excluding diaryl/α,β-unsaturated/α-hetero) is 1. The van der Waals surface area contributed by atoms with Gasteiger partial charge in [-0.15, -0.1) is 0 Å². The summed E-state index contributed by atoms with van der Waals surface area (Å²) in [6.07, 6.45) is 4.17. The second-order valence-corrected chi connectivity index (χ2v) is 7.91. The maximum atomic E-state index is 13.8. The van der Waals surface area contributed by atoms with Crippen LogP contribution in [0.5, 0.6) is 0 Å². The molecule has 2 heterocycles. The number of esters is 1. The number of piperidine rings is 1. The van der Waals surface area contributed by atoms with Crippen LogP contribution in [0, 0.1) is 5.92 Å². The number of aryl methyl sites for hydroxylation is 1. The number of rotatable bonds is 6. The Hall–Kier alpha value is -2.92. The lowest BCUT2D eigenvalue weighted by Crippen LogP contribution is -2.41. The zero-order chi connectivity index (χ0) is 21.1. The number of carbonyl (C=O) groups is 2. The van der Waals surface area contributed by atoms with Crippen LogP contribution in [0.2, 0.25) is 0 Å². The summed E-state index contributed by atoms with van der Waals surface area (Å²) in [4.78, 5) is 31.3. The number of carbonyl (C=O) groups excluding carboxylic acids is 2. The van der Waals surface area contributed by atoms with E-state index in [-0.39, 0.29) is 23.7 Å². The molecule has 5 heteroatoms. The number of methoxy groups -OCH3 is 1. The van der Waals surface area contributed by atoms with Crippen LogP contribution in [0.3, 0.4) is 0 Å². The van der Waals surface area contributed by atoms with E-state index in [1.807, 2.05) is 48.7 Å². The van der Waals surface area contributed by atoms with Crippen LogP contribution in [0.4, 0.5) is 0 Å². The molecule has 1 aliphatic rings. The third-order valence-corrected chi connectivity index (χ3v) is 6.24. The van der Waals surface area contributed by atoms with E-state index in [4.69, 9.17) is 4.74 Å². The number of ether oxygens (including phenoxy) is 1. The lowest BCUT2D eigenvalue weighted by atomic mass is 9.90. The monoisotopic (exact) mass is 404 g/mol. The Bertz CT molecular complexity index is 1030. The first-order chi connectivity index (χ1) is 14.6. The van der Waals surface area contributed by atoms with Gasteiger partial charge in [0.15, 0.2) is 5.78 Å². The predicted molar refractivity (Wildman–Crippen MR) is 118 cm³/mol. The number of hydrogen-bond donors (Lipinski definition) is 1. The van der Waals surface area contributed by atoms with E-state index in [9.17, 15) is 9.59 Å². The number of nitrogens with one attached hydrogen (secondary N) is 1. The maximum absolute atomic E-state index is 13.8. The van der Waals surface area contributed by atoms with Crippen molar-refractivity contribution in [3.05, 3.63) is 71.4 Å². The van der Waals surface area contributed by atoms with Crippen LogP contribution in [0.15, 0.2) is 54.7 Å². The number of nitrogens with zero attached hydrogens (tertiary/aromatic N) is 1. The number of H-pyrrole nitrogens is 1. The van der Waals surface area contributed by atoms with Gasteiger partial charge in [-0.2, -0.15) is 0 Å². The van der Waals surface area contributed by atoms with Crippen molar-refractivity contribution in [1.29, 1.82) is 0 Å². The number of para-hydroxylation sites is 1. The summed E-state index contributed by atoms with van der Waals surface area (Å²) < 4.78 is 4.92. The number of aromatic amines is 1. The summed E-state index contributed by atoms with van der Waals surface area (Å²) >= 11 is 0. The van der Waals surface area contributed by atoms with Crippen molar-refractivity contribution in [1.82, 2.24) is 9.88 Å². The second-order valence-electron chi connectivity index (χ2n) is 7.91. The van der Waals surface area contributed by atoms with Gasteiger partial charge in [0.05, 0.1) is 19.1 Å². The van der Waals surface area contributed by atoms with Gasteiger partial charge in [0.1, 0.15) is 0 Å². The van der Waals surface area contributed by atoms with Crippen molar-refractivity contribution in [3.63, 3.8) is 0 Å². The van der Waals surface area contributed by atoms with Gasteiger partial charge >= 0.3 is 5.97 Å². The third-order valence-electron chi connectivity index (χ3n) is 6.24. The van der Waals surface area contributed by atoms with E-state index in [2.05, 4.69) is 22.9 Å². The summed E-state index contributed by atoms with van der Waals surface area (Å²) in [6, 6.07) is 15.7. The smallest absolute Gasteiger partial charge is 0.308 e. The van der Waals surface area contributed by atoms with E-state index in [0.717, 1.165) is 28.5 Å². The van der Waals surface area contributed by atoms with Crippen molar-refractivity contribution in [3.8, 4) is 0 Å². The van der Waals surface area contributed by atoms with Gasteiger partial charge in [-0.3, -0.25) is 14.5 Å². The zero-order valence-corrected chi connectivity index (χ0v) is 17.6. The molecule has 156 valence electrons. The first-order valence-electron chi connectivity index (χ1n) is 10.6.